The monoisotopic (exact) mass is 387 g/mol. The van der Waals surface area contributed by atoms with E-state index in [1.807, 2.05) is 53.1 Å². The Morgan fingerprint density at radius 3 is 2.62 bits per heavy atom. The summed E-state index contributed by atoms with van der Waals surface area (Å²) in [7, 11) is 0. The van der Waals surface area contributed by atoms with Gasteiger partial charge in [-0.1, -0.05) is 24.3 Å². The Labute approximate surface area is 166 Å². The number of amides is 1. The van der Waals surface area contributed by atoms with Gasteiger partial charge in [0.15, 0.2) is 5.69 Å². The van der Waals surface area contributed by atoms with E-state index in [-0.39, 0.29) is 23.4 Å². The molecule has 7 nitrogen and oxygen atoms in total. The van der Waals surface area contributed by atoms with Gasteiger partial charge >= 0.3 is 0 Å². The van der Waals surface area contributed by atoms with Gasteiger partial charge in [0.25, 0.3) is 11.5 Å². The molecule has 0 atom stereocenters. The number of imidazole rings is 1. The summed E-state index contributed by atoms with van der Waals surface area (Å²) in [4.78, 5) is 29.0. The summed E-state index contributed by atoms with van der Waals surface area (Å²) in [6, 6.07) is 13.4. The molecule has 29 heavy (non-hydrogen) atoms. The molecule has 3 aromatic heterocycles. The minimum absolute atomic E-state index is 0.119. The van der Waals surface area contributed by atoms with Crippen molar-refractivity contribution in [2.45, 2.75) is 37.6 Å². The Morgan fingerprint density at radius 2 is 1.79 bits per heavy atom. The van der Waals surface area contributed by atoms with Crippen LogP contribution in [0.4, 0.5) is 0 Å². The molecule has 1 fully saturated rings. The number of carbonyl (C=O) groups excluding carboxylic acids is 1. The first-order chi connectivity index (χ1) is 14.2. The van der Waals surface area contributed by atoms with Crippen LogP contribution in [-0.4, -0.2) is 31.5 Å². The SMILES string of the molecule is O=C(NC1CCC(c2n[nH]c(=O)c3ccccc23)CC1)c1ncn2ccccc12. The third kappa shape index (κ3) is 3.18. The van der Waals surface area contributed by atoms with Gasteiger partial charge in [-0.2, -0.15) is 5.10 Å². The summed E-state index contributed by atoms with van der Waals surface area (Å²) in [6.45, 7) is 0. The number of carbonyl (C=O) groups is 1. The van der Waals surface area contributed by atoms with E-state index in [0.717, 1.165) is 42.3 Å². The smallest absolute Gasteiger partial charge is 0.272 e. The van der Waals surface area contributed by atoms with Crippen molar-refractivity contribution in [1.82, 2.24) is 24.9 Å². The fourth-order valence-electron chi connectivity index (χ4n) is 4.33. The Morgan fingerprint density at radius 1 is 1.03 bits per heavy atom. The first-order valence-electron chi connectivity index (χ1n) is 9.90. The molecule has 0 aliphatic heterocycles. The predicted molar refractivity (Wildman–Crippen MR) is 110 cm³/mol. The quantitative estimate of drug-likeness (QED) is 0.565. The van der Waals surface area contributed by atoms with E-state index in [2.05, 4.69) is 20.5 Å². The summed E-state index contributed by atoms with van der Waals surface area (Å²) < 4.78 is 1.85. The number of pyridine rings is 1. The highest BCUT2D eigenvalue weighted by Crippen LogP contribution is 2.34. The van der Waals surface area contributed by atoms with Crippen LogP contribution in [0.2, 0.25) is 0 Å². The van der Waals surface area contributed by atoms with Crippen LogP contribution in [0.5, 0.6) is 0 Å². The maximum atomic E-state index is 12.7. The summed E-state index contributed by atoms with van der Waals surface area (Å²) >= 11 is 0. The standard InChI is InChI=1S/C22H21N5O2/c28-21-17-6-2-1-5-16(17)19(25-26-21)14-8-10-15(11-9-14)24-22(29)20-18-7-3-4-12-27(18)13-23-20/h1-7,12-15H,8-11H2,(H,24,29)(H,26,28). The highest BCUT2D eigenvalue weighted by atomic mass is 16.2. The molecule has 3 heterocycles. The number of benzene rings is 1. The number of nitrogens with zero attached hydrogens (tertiary/aromatic N) is 3. The van der Waals surface area contributed by atoms with Crippen molar-refractivity contribution in [3.63, 3.8) is 0 Å². The van der Waals surface area contributed by atoms with Crippen LogP contribution in [0.3, 0.4) is 0 Å². The molecule has 1 aliphatic carbocycles. The van der Waals surface area contributed by atoms with Crippen molar-refractivity contribution in [3.05, 3.63) is 76.7 Å². The van der Waals surface area contributed by atoms with Crippen LogP contribution in [0.25, 0.3) is 16.3 Å². The van der Waals surface area contributed by atoms with Crippen molar-refractivity contribution in [2.75, 3.05) is 0 Å². The number of aromatic amines is 1. The van der Waals surface area contributed by atoms with Crippen molar-refractivity contribution in [2.24, 2.45) is 0 Å². The third-order valence-corrected chi connectivity index (χ3v) is 5.83. The van der Waals surface area contributed by atoms with Crippen molar-refractivity contribution in [3.8, 4) is 0 Å². The molecule has 0 spiro atoms. The van der Waals surface area contributed by atoms with E-state index in [4.69, 9.17) is 0 Å². The van der Waals surface area contributed by atoms with Gasteiger partial charge in [-0.3, -0.25) is 9.59 Å². The summed E-state index contributed by atoms with van der Waals surface area (Å²) in [6.07, 6.45) is 7.12. The number of rotatable bonds is 3. The highest BCUT2D eigenvalue weighted by molar-refractivity contribution is 5.99. The van der Waals surface area contributed by atoms with Crippen LogP contribution < -0.4 is 10.9 Å². The van der Waals surface area contributed by atoms with Gasteiger partial charge in [0, 0.05) is 23.5 Å². The summed E-state index contributed by atoms with van der Waals surface area (Å²) in [5, 5.41) is 11.7. The van der Waals surface area contributed by atoms with Gasteiger partial charge in [0.05, 0.1) is 16.6 Å². The number of nitrogens with one attached hydrogen (secondary N) is 2. The second-order valence-electron chi connectivity index (χ2n) is 7.59. The van der Waals surface area contributed by atoms with Gasteiger partial charge in [-0.25, -0.2) is 10.1 Å². The minimum Gasteiger partial charge on any atom is -0.348 e. The normalized spacial score (nSPS) is 19.4. The predicted octanol–water partition coefficient (Wildman–Crippen LogP) is 3.03. The lowest BCUT2D eigenvalue weighted by Gasteiger charge is -2.29. The number of aromatic nitrogens is 4. The Balaban J connectivity index is 1.29. The zero-order chi connectivity index (χ0) is 19.8. The van der Waals surface area contributed by atoms with Crippen LogP contribution in [0.15, 0.2) is 59.8 Å². The van der Waals surface area contributed by atoms with Gasteiger partial charge in [0.2, 0.25) is 0 Å². The van der Waals surface area contributed by atoms with Crippen LogP contribution in [-0.2, 0) is 0 Å². The molecule has 1 aromatic carbocycles. The maximum absolute atomic E-state index is 12.7. The maximum Gasteiger partial charge on any atom is 0.272 e. The molecule has 0 unspecified atom stereocenters. The molecule has 146 valence electrons. The van der Waals surface area contributed by atoms with Crippen molar-refractivity contribution >= 4 is 22.2 Å². The lowest BCUT2D eigenvalue weighted by Crippen LogP contribution is -2.37. The van der Waals surface area contributed by atoms with E-state index >= 15 is 0 Å². The average Bonchev–Trinajstić information content (AvgIpc) is 3.19. The Bertz CT molecular complexity index is 1250. The summed E-state index contributed by atoms with van der Waals surface area (Å²) in [5.74, 6) is 0.146. The molecular formula is C22H21N5O2. The molecule has 0 saturated heterocycles. The molecule has 7 heteroatoms. The first-order valence-corrected chi connectivity index (χ1v) is 9.90. The Hall–Kier alpha value is -3.48. The lowest BCUT2D eigenvalue weighted by atomic mass is 9.82. The van der Waals surface area contributed by atoms with E-state index < -0.39 is 0 Å². The minimum atomic E-state index is -0.155. The van der Waals surface area contributed by atoms with Crippen LogP contribution >= 0.6 is 0 Å². The van der Waals surface area contributed by atoms with Crippen LogP contribution in [0, 0.1) is 0 Å². The molecule has 1 amide bonds. The van der Waals surface area contributed by atoms with E-state index in [1.54, 1.807) is 6.33 Å². The van der Waals surface area contributed by atoms with Gasteiger partial charge < -0.3 is 9.72 Å². The van der Waals surface area contributed by atoms with E-state index in [0.29, 0.717) is 11.1 Å². The molecule has 0 bridgehead atoms. The average molecular weight is 387 g/mol. The molecule has 1 aliphatic rings. The van der Waals surface area contributed by atoms with Crippen LogP contribution in [0.1, 0.15) is 47.8 Å². The topological polar surface area (TPSA) is 92.1 Å². The number of hydrogen-bond donors (Lipinski definition) is 2. The fraction of sp³-hybridized carbons (Fsp3) is 0.273. The van der Waals surface area contributed by atoms with E-state index in [9.17, 15) is 9.59 Å². The zero-order valence-electron chi connectivity index (χ0n) is 15.8. The first kappa shape index (κ1) is 17.6. The number of fused-ring (bicyclic) bond motifs is 2. The lowest BCUT2D eigenvalue weighted by molar-refractivity contribution is 0.0923. The number of H-pyrrole nitrogens is 1. The second kappa shape index (κ2) is 7.16. The molecular weight excluding hydrogens is 366 g/mol. The van der Waals surface area contributed by atoms with Crippen molar-refractivity contribution in [1.29, 1.82) is 0 Å². The Kier molecular flexibility index (Phi) is 4.35. The molecule has 0 radical (unpaired) electrons. The largest absolute Gasteiger partial charge is 0.348 e. The molecule has 5 rings (SSSR count). The second-order valence-corrected chi connectivity index (χ2v) is 7.59. The van der Waals surface area contributed by atoms with Gasteiger partial charge in [-0.05, 0) is 43.9 Å². The van der Waals surface area contributed by atoms with Crippen molar-refractivity contribution < 1.29 is 4.79 Å². The highest BCUT2D eigenvalue weighted by Gasteiger charge is 2.27. The molecule has 1 saturated carbocycles. The fourth-order valence-corrected chi connectivity index (χ4v) is 4.33. The molecule has 4 aromatic rings. The zero-order valence-corrected chi connectivity index (χ0v) is 15.8. The summed E-state index contributed by atoms with van der Waals surface area (Å²) in [5.41, 5.74) is 2.06. The molecule has 2 N–H and O–H groups in total. The van der Waals surface area contributed by atoms with Gasteiger partial charge in [0.1, 0.15) is 6.33 Å². The third-order valence-electron chi connectivity index (χ3n) is 5.83. The number of hydrogen-bond acceptors (Lipinski definition) is 4. The van der Waals surface area contributed by atoms with E-state index in [1.165, 1.54) is 0 Å². The van der Waals surface area contributed by atoms with Gasteiger partial charge in [-0.15, -0.1) is 0 Å².